The lowest BCUT2D eigenvalue weighted by Gasteiger charge is -2.09. The number of carboxylic acids is 3. The van der Waals surface area contributed by atoms with E-state index in [0.717, 1.165) is 32.7 Å². The molecule has 0 spiro atoms. The van der Waals surface area contributed by atoms with Crippen LogP contribution in [-0.4, -0.2) is 57.9 Å². The van der Waals surface area contributed by atoms with Crippen LogP contribution < -0.4 is 22.9 Å². The average molecular weight is 563 g/mol. The number of aliphatic carboxylic acids is 3. The highest BCUT2D eigenvalue weighted by Crippen LogP contribution is 2.19. The summed E-state index contributed by atoms with van der Waals surface area (Å²) >= 11 is 0. The topological polar surface area (TPSA) is 216 Å². The first-order valence-electron chi connectivity index (χ1n) is 13.1. The first kappa shape index (κ1) is 32.9. The number of carbonyl (C=O) groups is 3. The average Bonchev–Trinajstić information content (AvgIpc) is 2.96. The maximum Gasteiger partial charge on any atom is 0.320 e. The van der Waals surface area contributed by atoms with Gasteiger partial charge in [0.25, 0.3) is 0 Å². The molecular formula is C31H38N4O6. The molecule has 3 atom stereocenters. The Hall–Kier alpha value is -4.35. The standard InChI is InChI=1S/2C13H13NO2.C5H12N2O2/c14-12(13(15)16)8-10-6-3-5-9-4-1-2-7-11(9)10;14-12(13(15)16)8-9-5-6-10-3-1-2-4-11(10)7-9;6-3-1-2-4(7)5(8)9/h2*1-7,12H,8,14H2,(H,15,16);4H,1-3,6-7H2,(H,8,9)/t2*12-;4-/m000/s1. The van der Waals surface area contributed by atoms with Crippen molar-refractivity contribution in [2.24, 2.45) is 22.9 Å². The van der Waals surface area contributed by atoms with Crippen LogP contribution in [0.15, 0.2) is 84.9 Å². The molecule has 0 aliphatic carbocycles. The Morgan fingerprint density at radius 2 is 1.15 bits per heavy atom. The third-order valence-corrected chi connectivity index (χ3v) is 6.26. The number of fused-ring (bicyclic) bond motifs is 2. The second-order valence-corrected chi connectivity index (χ2v) is 9.49. The monoisotopic (exact) mass is 562 g/mol. The summed E-state index contributed by atoms with van der Waals surface area (Å²) in [5, 5.41) is 30.2. The number of hydrogen-bond donors (Lipinski definition) is 7. The number of carboxylic acid groups (broad SMARTS) is 3. The van der Waals surface area contributed by atoms with E-state index in [2.05, 4.69) is 0 Å². The lowest BCUT2D eigenvalue weighted by molar-refractivity contribution is -0.139. The van der Waals surface area contributed by atoms with Gasteiger partial charge in [0.05, 0.1) is 0 Å². The highest BCUT2D eigenvalue weighted by molar-refractivity contribution is 5.86. The number of rotatable bonds is 10. The molecule has 0 aromatic heterocycles. The zero-order chi connectivity index (χ0) is 30.4. The number of benzene rings is 4. The number of hydrogen-bond acceptors (Lipinski definition) is 7. The summed E-state index contributed by atoms with van der Waals surface area (Å²) in [7, 11) is 0. The predicted molar refractivity (Wildman–Crippen MR) is 160 cm³/mol. The minimum atomic E-state index is -0.965. The van der Waals surface area contributed by atoms with Gasteiger partial charge in [-0.25, -0.2) is 0 Å². The van der Waals surface area contributed by atoms with Crippen molar-refractivity contribution in [3.05, 3.63) is 96.1 Å². The molecule has 10 nitrogen and oxygen atoms in total. The van der Waals surface area contributed by atoms with Gasteiger partial charge in [0.1, 0.15) is 18.1 Å². The first-order chi connectivity index (χ1) is 19.5. The van der Waals surface area contributed by atoms with Crippen molar-refractivity contribution in [1.29, 1.82) is 0 Å². The van der Waals surface area contributed by atoms with Crippen LogP contribution in [-0.2, 0) is 27.2 Å². The van der Waals surface area contributed by atoms with Gasteiger partial charge in [0.2, 0.25) is 0 Å². The van der Waals surface area contributed by atoms with Crippen LogP contribution in [0.25, 0.3) is 21.5 Å². The summed E-state index contributed by atoms with van der Waals surface area (Å²) in [4.78, 5) is 31.4. The van der Waals surface area contributed by atoms with Crippen LogP contribution in [0.2, 0.25) is 0 Å². The smallest absolute Gasteiger partial charge is 0.320 e. The summed E-state index contributed by atoms with van der Waals surface area (Å²) in [5.74, 6) is -2.88. The molecule has 0 amide bonds. The van der Waals surface area contributed by atoms with Gasteiger partial charge in [0.15, 0.2) is 0 Å². The quantitative estimate of drug-likeness (QED) is 0.150. The highest BCUT2D eigenvalue weighted by atomic mass is 16.4. The Balaban J connectivity index is 0.000000225. The van der Waals surface area contributed by atoms with Gasteiger partial charge < -0.3 is 38.3 Å². The molecule has 10 heteroatoms. The van der Waals surface area contributed by atoms with E-state index in [1.807, 2.05) is 84.9 Å². The molecule has 0 aliphatic heterocycles. The van der Waals surface area contributed by atoms with Gasteiger partial charge in [-0.3, -0.25) is 14.4 Å². The summed E-state index contributed by atoms with van der Waals surface area (Å²) in [6.07, 6.45) is 1.86. The SMILES string of the molecule is NCCC[C@H](N)C(=O)O.N[C@@H](Cc1ccc2ccccc2c1)C(=O)O.N[C@@H](Cc1cccc2ccccc12)C(=O)O. The van der Waals surface area contributed by atoms with E-state index in [9.17, 15) is 14.4 Å². The Morgan fingerprint density at radius 1 is 0.610 bits per heavy atom. The maximum absolute atomic E-state index is 10.7. The second kappa shape index (κ2) is 16.7. The molecule has 0 heterocycles. The molecule has 4 rings (SSSR count). The van der Waals surface area contributed by atoms with Crippen molar-refractivity contribution in [2.45, 2.75) is 43.8 Å². The molecule has 0 fully saturated rings. The maximum atomic E-state index is 10.7. The van der Waals surface area contributed by atoms with Crippen molar-refractivity contribution in [2.75, 3.05) is 6.54 Å². The van der Waals surface area contributed by atoms with E-state index in [1.165, 1.54) is 0 Å². The van der Waals surface area contributed by atoms with Gasteiger partial charge in [-0.15, -0.1) is 0 Å². The number of nitrogens with two attached hydrogens (primary N) is 4. The fraction of sp³-hybridized carbons (Fsp3) is 0.258. The van der Waals surface area contributed by atoms with Crippen LogP contribution >= 0.6 is 0 Å². The molecule has 0 saturated carbocycles. The van der Waals surface area contributed by atoms with E-state index in [0.29, 0.717) is 32.2 Å². The molecular weight excluding hydrogens is 524 g/mol. The van der Waals surface area contributed by atoms with Gasteiger partial charge in [-0.2, -0.15) is 0 Å². The lowest BCUT2D eigenvalue weighted by Crippen LogP contribution is -2.32. The van der Waals surface area contributed by atoms with Crippen LogP contribution in [0.1, 0.15) is 24.0 Å². The minimum absolute atomic E-state index is 0.358. The first-order valence-corrected chi connectivity index (χ1v) is 13.1. The summed E-state index contributed by atoms with van der Waals surface area (Å²) in [6, 6.07) is 25.2. The van der Waals surface area contributed by atoms with Crippen LogP contribution in [0.4, 0.5) is 0 Å². The van der Waals surface area contributed by atoms with Crippen molar-refractivity contribution in [3.63, 3.8) is 0 Å². The Bertz CT molecular complexity index is 1430. The van der Waals surface area contributed by atoms with E-state index < -0.39 is 36.0 Å². The van der Waals surface area contributed by atoms with Gasteiger partial charge >= 0.3 is 17.9 Å². The summed E-state index contributed by atoms with van der Waals surface area (Å²) in [5.41, 5.74) is 23.2. The summed E-state index contributed by atoms with van der Waals surface area (Å²) in [6.45, 7) is 0.501. The van der Waals surface area contributed by atoms with Crippen LogP contribution in [0.3, 0.4) is 0 Å². The fourth-order valence-electron chi connectivity index (χ4n) is 3.96. The van der Waals surface area contributed by atoms with E-state index in [-0.39, 0.29) is 0 Å². The third-order valence-electron chi connectivity index (χ3n) is 6.26. The van der Waals surface area contributed by atoms with E-state index >= 15 is 0 Å². The van der Waals surface area contributed by atoms with Gasteiger partial charge in [-0.05, 0) is 64.9 Å². The van der Waals surface area contributed by atoms with Crippen molar-refractivity contribution >= 4 is 39.5 Å². The minimum Gasteiger partial charge on any atom is -0.480 e. The molecule has 0 saturated heterocycles. The zero-order valence-electron chi connectivity index (χ0n) is 22.7. The fourth-order valence-corrected chi connectivity index (χ4v) is 3.96. The molecule has 218 valence electrons. The third kappa shape index (κ3) is 11.0. The molecule has 0 aliphatic rings. The lowest BCUT2D eigenvalue weighted by atomic mass is 9.99. The van der Waals surface area contributed by atoms with Crippen molar-refractivity contribution in [1.82, 2.24) is 0 Å². The van der Waals surface area contributed by atoms with Crippen molar-refractivity contribution < 1.29 is 29.7 Å². The van der Waals surface area contributed by atoms with Crippen LogP contribution in [0.5, 0.6) is 0 Å². The molecule has 4 aromatic rings. The van der Waals surface area contributed by atoms with Crippen LogP contribution in [0, 0.1) is 0 Å². The molecule has 0 bridgehead atoms. The normalized spacial score (nSPS) is 12.7. The summed E-state index contributed by atoms with van der Waals surface area (Å²) < 4.78 is 0. The Morgan fingerprint density at radius 3 is 1.76 bits per heavy atom. The molecule has 11 N–H and O–H groups in total. The van der Waals surface area contributed by atoms with Gasteiger partial charge in [-0.1, -0.05) is 84.9 Å². The molecule has 41 heavy (non-hydrogen) atoms. The molecule has 0 unspecified atom stereocenters. The van der Waals surface area contributed by atoms with E-state index in [4.69, 9.17) is 38.3 Å². The Labute approximate surface area is 238 Å². The second-order valence-electron chi connectivity index (χ2n) is 9.49. The van der Waals surface area contributed by atoms with Crippen molar-refractivity contribution in [3.8, 4) is 0 Å². The largest absolute Gasteiger partial charge is 0.480 e. The van der Waals surface area contributed by atoms with E-state index in [1.54, 1.807) is 0 Å². The predicted octanol–water partition coefficient (Wildman–Crippen LogP) is 2.73. The molecule has 4 aromatic carbocycles. The molecule has 0 radical (unpaired) electrons. The highest BCUT2D eigenvalue weighted by Gasteiger charge is 2.14. The Kier molecular flexibility index (Phi) is 13.4. The van der Waals surface area contributed by atoms with Gasteiger partial charge in [0, 0.05) is 0 Å². The zero-order valence-corrected chi connectivity index (χ0v) is 22.7.